The fourth-order valence-corrected chi connectivity index (χ4v) is 5.86. The molecule has 0 spiro atoms. The number of carboxylic acids is 1. The molecule has 154 valence electrons. The van der Waals surface area contributed by atoms with Gasteiger partial charge in [-0.05, 0) is 62.2 Å². The second-order valence-corrected chi connectivity index (χ2v) is 9.38. The molecule has 0 amide bonds. The lowest BCUT2D eigenvalue weighted by atomic mass is 9.47. The molecule has 0 aromatic heterocycles. The second kappa shape index (κ2) is 8.34. The fraction of sp³-hybridized carbons (Fsp3) is 0.818. The van der Waals surface area contributed by atoms with Crippen molar-refractivity contribution in [1.29, 1.82) is 0 Å². The molecule has 27 heavy (non-hydrogen) atoms. The number of hydrogen-bond donors (Lipinski definition) is 2. The highest BCUT2D eigenvalue weighted by Gasteiger charge is 2.58. The lowest BCUT2D eigenvalue weighted by Gasteiger charge is -2.59. The van der Waals surface area contributed by atoms with Gasteiger partial charge in [-0.15, -0.1) is 0 Å². The van der Waals surface area contributed by atoms with Gasteiger partial charge in [0.1, 0.15) is 6.10 Å². The third-order valence-corrected chi connectivity index (χ3v) is 7.41. The molecule has 0 aromatic carbocycles. The summed E-state index contributed by atoms with van der Waals surface area (Å²) in [6.45, 7) is 10.00. The Bertz CT molecular complexity index is 598. The van der Waals surface area contributed by atoms with Gasteiger partial charge >= 0.3 is 11.9 Å². The normalized spacial score (nSPS) is 37.1. The first-order valence-corrected chi connectivity index (χ1v) is 10.2. The van der Waals surface area contributed by atoms with Crippen molar-refractivity contribution in [2.24, 2.45) is 28.6 Å². The monoisotopic (exact) mass is 380 g/mol. The Hall–Kier alpha value is -1.36. The molecule has 2 aliphatic carbocycles. The first kappa shape index (κ1) is 21.9. The Morgan fingerprint density at radius 1 is 1.37 bits per heavy atom. The summed E-state index contributed by atoms with van der Waals surface area (Å²) in [5.74, 6) is -0.267. The third kappa shape index (κ3) is 4.39. The highest BCUT2D eigenvalue weighted by atomic mass is 16.5. The first-order chi connectivity index (χ1) is 12.5. The van der Waals surface area contributed by atoms with Gasteiger partial charge in [0.15, 0.2) is 0 Å². The molecule has 1 unspecified atom stereocenters. The average molecular weight is 381 g/mol. The van der Waals surface area contributed by atoms with Crippen molar-refractivity contribution in [3.8, 4) is 0 Å². The number of aliphatic hydroxyl groups excluding tert-OH is 1. The van der Waals surface area contributed by atoms with Crippen LogP contribution in [0.2, 0.25) is 0 Å². The van der Waals surface area contributed by atoms with Crippen LogP contribution < -0.4 is 0 Å². The van der Waals surface area contributed by atoms with E-state index in [1.165, 1.54) is 12.5 Å². The van der Waals surface area contributed by atoms with Gasteiger partial charge in [0.05, 0.1) is 6.61 Å². The summed E-state index contributed by atoms with van der Waals surface area (Å²) < 4.78 is 5.61. The van der Waals surface area contributed by atoms with Crippen molar-refractivity contribution in [2.45, 2.75) is 79.2 Å². The SMILES string of the molecule is CC(=O)O[C@H]1CC[C@]2(C)[C@H](CC=C(C)[C@H]2CCC(C)CC(=O)O)[C@]1(C)CO. The average Bonchev–Trinajstić information content (AvgIpc) is 2.56. The van der Waals surface area contributed by atoms with Crippen molar-refractivity contribution in [3.63, 3.8) is 0 Å². The summed E-state index contributed by atoms with van der Waals surface area (Å²) in [7, 11) is 0. The molecule has 2 rings (SSSR count). The van der Waals surface area contributed by atoms with Gasteiger partial charge < -0.3 is 14.9 Å². The number of aliphatic hydroxyl groups is 1. The van der Waals surface area contributed by atoms with E-state index in [4.69, 9.17) is 9.84 Å². The van der Waals surface area contributed by atoms with Gasteiger partial charge in [-0.3, -0.25) is 9.59 Å². The van der Waals surface area contributed by atoms with Crippen LogP contribution in [0.1, 0.15) is 73.1 Å². The number of carbonyl (C=O) groups is 2. The van der Waals surface area contributed by atoms with E-state index < -0.39 is 11.4 Å². The lowest BCUT2D eigenvalue weighted by molar-refractivity contribution is -0.182. The predicted molar refractivity (Wildman–Crippen MR) is 104 cm³/mol. The van der Waals surface area contributed by atoms with Crippen molar-refractivity contribution in [3.05, 3.63) is 11.6 Å². The zero-order valence-corrected chi connectivity index (χ0v) is 17.5. The van der Waals surface area contributed by atoms with E-state index in [1.807, 2.05) is 6.92 Å². The Morgan fingerprint density at radius 3 is 2.59 bits per heavy atom. The van der Waals surface area contributed by atoms with Gasteiger partial charge in [0.2, 0.25) is 0 Å². The molecule has 0 bridgehead atoms. The van der Waals surface area contributed by atoms with Crippen molar-refractivity contribution < 1.29 is 24.5 Å². The van der Waals surface area contributed by atoms with Crippen LogP contribution in [-0.4, -0.2) is 34.9 Å². The summed E-state index contributed by atoms with van der Waals surface area (Å²) in [6, 6.07) is 0. The Kier molecular flexibility index (Phi) is 6.77. The number of aliphatic carboxylic acids is 1. The molecule has 5 nitrogen and oxygen atoms in total. The number of rotatable bonds is 7. The van der Waals surface area contributed by atoms with Gasteiger partial charge in [0, 0.05) is 18.8 Å². The Morgan fingerprint density at radius 2 is 2.04 bits per heavy atom. The molecule has 0 heterocycles. The van der Waals surface area contributed by atoms with Crippen molar-refractivity contribution >= 4 is 11.9 Å². The molecule has 2 N–H and O–H groups in total. The van der Waals surface area contributed by atoms with E-state index in [0.717, 1.165) is 32.1 Å². The largest absolute Gasteiger partial charge is 0.481 e. The zero-order chi connectivity index (χ0) is 20.4. The molecular formula is C22H36O5. The van der Waals surface area contributed by atoms with E-state index in [0.29, 0.717) is 5.92 Å². The minimum Gasteiger partial charge on any atom is -0.481 e. The number of hydrogen-bond acceptors (Lipinski definition) is 4. The Labute approximate surface area is 163 Å². The second-order valence-electron chi connectivity index (χ2n) is 9.38. The highest BCUT2D eigenvalue weighted by Crippen LogP contribution is 2.61. The van der Waals surface area contributed by atoms with E-state index >= 15 is 0 Å². The molecule has 5 heteroatoms. The standard InChI is InChI=1S/C22H36O5/c1-14(12-20(25)26)6-8-17-15(2)7-9-18-21(17,4)11-10-19(27-16(3)24)22(18,5)13-23/h7,14,17-19,23H,6,8-13H2,1-5H3,(H,25,26)/t14?,17-,18+,19+,21+,22+/m1/s1. The van der Waals surface area contributed by atoms with E-state index in [1.54, 1.807) is 0 Å². The van der Waals surface area contributed by atoms with Crippen LogP contribution in [0.15, 0.2) is 11.6 Å². The zero-order valence-electron chi connectivity index (χ0n) is 17.5. The van der Waals surface area contributed by atoms with Crippen LogP contribution in [0.5, 0.6) is 0 Å². The number of carboxylic acid groups (broad SMARTS) is 1. The Balaban J connectivity index is 2.25. The van der Waals surface area contributed by atoms with E-state index in [9.17, 15) is 14.7 Å². The molecule has 0 aromatic rings. The van der Waals surface area contributed by atoms with Crippen molar-refractivity contribution in [2.75, 3.05) is 6.61 Å². The van der Waals surface area contributed by atoms with Crippen LogP contribution in [0.4, 0.5) is 0 Å². The summed E-state index contributed by atoms with van der Waals surface area (Å²) in [6.07, 6.45) is 6.68. The van der Waals surface area contributed by atoms with Crippen molar-refractivity contribution in [1.82, 2.24) is 0 Å². The van der Waals surface area contributed by atoms with Gasteiger partial charge in [0.25, 0.3) is 0 Å². The molecule has 0 aliphatic heterocycles. The maximum atomic E-state index is 11.6. The number of allylic oxidation sites excluding steroid dienone is 2. The van der Waals surface area contributed by atoms with Crippen LogP contribution in [0, 0.1) is 28.6 Å². The highest BCUT2D eigenvalue weighted by molar-refractivity contribution is 5.67. The summed E-state index contributed by atoms with van der Waals surface area (Å²) in [5, 5.41) is 19.3. The summed E-state index contributed by atoms with van der Waals surface area (Å²) >= 11 is 0. The number of carbonyl (C=O) groups excluding carboxylic acids is 1. The predicted octanol–water partition coefficient (Wildman–Crippen LogP) is 4.19. The third-order valence-electron chi connectivity index (χ3n) is 7.41. The van der Waals surface area contributed by atoms with Crippen LogP contribution in [-0.2, 0) is 14.3 Å². The maximum absolute atomic E-state index is 11.6. The molecule has 1 saturated carbocycles. The van der Waals surface area contributed by atoms with E-state index in [-0.39, 0.29) is 42.4 Å². The smallest absolute Gasteiger partial charge is 0.303 e. The van der Waals surface area contributed by atoms with E-state index in [2.05, 4.69) is 26.8 Å². The van der Waals surface area contributed by atoms with Crippen LogP contribution in [0.3, 0.4) is 0 Å². The van der Waals surface area contributed by atoms with Gasteiger partial charge in [-0.25, -0.2) is 0 Å². The lowest BCUT2D eigenvalue weighted by Crippen LogP contribution is -2.57. The number of fused-ring (bicyclic) bond motifs is 1. The quantitative estimate of drug-likeness (QED) is 0.511. The minimum absolute atomic E-state index is 0.000226. The molecule has 6 atom stereocenters. The maximum Gasteiger partial charge on any atom is 0.303 e. The fourth-order valence-electron chi connectivity index (χ4n) is 5.86. The van der Waals surface area contributed by atoms with Gasteiger partial charge in [-0.2, -0.15) is 0 Å². The van der Waals surface area contributed by atoms with Crippen LogP contribution in [0.25, 0.3) is 0 Å². The first-order valence-electron chi connectivity index (χ1n) is 10.2. The summed E-state index contributed by atoms with van der Waals surface area (Å²) in [4.78, 5) is 22.6. The van der Waals surface area contributed by atoms with Gasteiger partial charge in [-0.1, -0.05) is 32.4 Å². The number of ether oxygens (including phenoxy) is 1. The number of esters is 1. The molecule has 0 radical (unpaired) electrons. The minimum atomic E-state index is -0.739. The topological polar surface area (TPSA) is 83.8 Å². The molecule has 0 saturated heterocycles. The molecular weight excluding hydrogens is 344 g/mol. The van der Waals surface area contributed by atoms with Crippen LogP contribution >= 0.6 is 0 Å². The molecule has 2 aliphatic rings. The molecule has 1 fully saturated rings. The summed E-state index contributed by atoms with van der Waals surface area (Å²) in [5.41, 5.74) is 0.943.